The van der Waals surface area contributed by atoms with Gasteiger partial charge in [-0.3, -0.25) is 4.98 Å². The minimum atomic E-state index is -4.72. The van der Waals surface area contributed by atoms with Gasteiger partial charge in [0.25, 0.3) is 0 Å². The zero-order valence-electron chi connectivity index (χ0n) is 8.59. The summed E-state index contributed by atoms with van der Waals surface area (Å²) >= 11 is 0. The third kappa shape index (κ3) is 3.73. The number of nitrogens with zero attached hydrogens (tertiary/aromatic N) is 2. The number of rotatable bonds is 1. The first kappa shape index (κ1) is 11.7. The van der Waals surface area contributed by atoms with Crippen LogP contribution in [-0.2, 0) is 5.41 Å². The Labute approximate surface area is 85.3 Å². The number of alkyl halides is 3. The fraction of sp³-hybridized carbons (Fsp3) is 0.556. The van der Waals surface area contributed by atoms with E-state index in [9.17, 15) is 13.2 Å². The van der Waals surface area contributed by atoms with E-state index in [2.05, 4.69) is 14.7 Å². The normalized spacial score (nSPS) is 12.7. The smallest absolute Gasteiger partial charge is 0.386 e. The van der Waals surface area contributed by atoms with Crippen molar-refractivity contribution in [2.24, 2.45) is 0 Å². The molecule has 0 spiro atoms. The number of ether oxygens (including phenoxy) is 1. The first-order valence-electron chi connectivity index (χ1n) is 4.27. The zero-order chi connectivity index (χ0) is 11.7. The highest BCUT2D eigenvalue weighted by molar-refractivity contribution is 5.13. The molecule has 0 fully saturated rings. The van der Waals surface area contributed by atoms with Gasteiger partial charge < -0.3 is 4.74 Å². The first-order valence-corrected chi connectivity index (χ1v) is 4.27. The Morgan fingerprint density at radius 2 is 1.67 bits per heavy atom. The van der Waals surface area contributed by atoms with Gasteiger partial charge in [0.2, 0.25) is 5.88 Å². The van der Waals surface area contributed by atoms with Gasteiger partial charge in [-0.25, -0.2) is 4.98 Å². The fourth-order valence-electron chi connectivity index (χ4n) is 0.875. The second-order valence-corrected chi connectivity index (χ2v) is 4.04. The van der Waals surface area contributed by atoms with E-state index in [-0.39, 0.29) is 5.41 Å². The summed E-state index contributed by atoms with van der Waals surface area (Å²) in [7, 11) is 0. The van der Waals surface area contributed by atoms with E-state index < -0.39 is 12.2 Å². The van der Waals surface area contributed by atoms with Crippen LogP contribution in [0.2, 0.25) is 0 Å². The van der Waals surface area contributed by atoms with E-state index in [1.807, 2.05) is 20.8 Å². The van der Waals surface area contributed by atoms with Crippen molar-refractivity contribution in [2.75, 3.05) is 0 Å². The summed E-state index contributed by atoms with van der Waals surface area (Å²) in [6.45, 7) is 5.67. The average molecular weight is 220 g/mol. The zero-order valence-corrected chi connectivity index (χ0v) is 8.59. The van der Waals surface area contributed by atoms with Crippen molar-refractivity contribution in [3.8, 4) is 5.88 Å². The van der Waals surface area contributed by atoms with Crippen molar-refractivity contribution in [3.63, 3.8) is 0 Å². The third-order valence-corrected chi connectivity index (χ3v) is 1.62. The number of aromatic nitrogens is 2. The Hall–Kier alpha value is -1.33. The molecule has 0 aromatic carbocycles. The molecule has 0 amide bonds. The lowest BCUT2D eigenvalue weighted by atomic mass is 9.93. The highest BCUT2D eigenvalue weighted by Gasteiger charge is 2.32. The largest absolute Gasteiger partial charge is 0.574 e. The summed E-state index contributed by atoms with van der Waals surface area (Å²) in [5.74, 6) is -0.546. The molecule has 0 aliphatic rings. The number of hydrogen-bond donors (Lipinski definition) is 0. The highest BCUT2D eigenvalue weighted by atomic mass is 19.4. The van der Waals surface area contributed by atoms with Gasteiger partial charge in [0.15, 0.2) is 0 Å². The van der Waals surface area contributed by atoms with Crippen LogP contribution in [0, 0.1) is 0 Å². The average Bonchev–Trinajstić information content (AvgIpc) is 2.00. The lowest BCUT2D eigenvalue weighted by molar-refractivity contribution is -0.276. The summed E-state index contributed by atoms with van der Waals surface area (Å²) in [4.78, 5) is 7.37. The van der Waals surface area contributed by atoms with E-state index in [4.69, 9.17) is 0 Å². The molecule has 6 heteroatoms. The minimum absolute atomic E-state index is 0.246. The molecule has 0 N–H and O–H groups in total. The van der Waals surface area contributed by atoms with Crippen LogP contribution in [0.1, 0.15) is 26.5 Å². The van der Waals surface area contributed by atoms with Gasteiger partial charge >= 0.3 is 6.36 Å². The van der Waals surface area contributed by atoms with E-state index in [1.54, 1.807) is 0 Å². The SMILES string of the molecule is CC(C)(C)c1cnc(OC(F)(F)F)cn1. The van der Waals surface area contributed by atoms with Crippen LogP contribution in [0.25, 0.3) is 0 Å². The molecule has 15 heavy (non-hydrogen) atoms. The van der Waals surface area contributed by atoms with Crippen LogP contribution < -0.4 is 4.74 Å². The van der Waals surface area contributed by atoms with E-state index >= 15 is 0 Å². The Bertz CT molecular complexity index is 327. The lowest BCUT2D eigenvalue weighted by Gasteiger charge is -2.17. The minimum Gasteiger partial charge on any atom is -0.386 e. The van der Waals surface area contributed by atoms with Gasteiger partial charge in [-0.1, -0.05) is 20.8 Å². The van der Waals surface area contributed by atoms with Crippen LogP contribution in [0.15, 0.2) is 12.4 Å². The lowest BCUT2D eigenvalue weighted by Crippen LogP contribution is -2.19. The maximum atomic E-state index is 11.8. The molecule has 1 rings (SSSR count). The van der Waals surface area contributed by atoms with Gasteiger partial charge in [0.1, 0.15) is 0 Å². The molecule has 0 aliphatic carbocycles. The van der Waals surface area contributed by atoms with Crippen molar-refractivity contribution in [2.45, 2.75) is 32.5 Å². The summed E-state index contributed by atoms with van der Waals surface area (Å²) in [5.41, 5.74) is 0.362. The summed E-state index contributed by atoms with van der Waals surface area (Å²) in [5, 5.41) is 0. The molecule has 3 nitrogen and oxygen atoms in total. The van der Waals surface area contributed by atoms with Crippen LogP contribution in [0.4, 0.5) is 13.2 Å². The molecule has 0 unspecified atom stereocenters. The summed E-state index contributed by atoms with van der Waals surface area (Å²) in [6.07, 6.45) is -2.48. The van der Waals surface area contributed by atoms with Crippen molar-refractivity contribution >= 4 is 0 Å². The van der Waals surface area contributed by atoms with Crippen molar-refractivity contribution < 1.29 is 17.9 Å². The molecule has 0 bridgehead atoms. The Morgan fingerprint density at radius 1 is 1.07 bits per heavy atom. The molecule has 0 saturated carbocycles. The molecular weight excluding hydrogens is 209 g/mol. The van der Waals surface area contributed by atoms with Crippen molar-refractivity contribution in [1.82, 2.24) is 9.97 Å². The predicted octanol–water partition coefficient (Wildman–Crippen LogP) is 2.67. The van der Waals surface area contributed by atoms with Crippen molar-refractivity contribution in [1.29, 1.82) is 0 Å². The number of hydrogen-bond acceptors (Lipinski definition) is 3. The molecule has 84 valence electrons. The quantitative estimate of drug-likeness (QED) is 0.729. The molecule has 0 atom stereocenters. The molecular formula is C9H11F3N2O. The van der Waals surface area contributed by atoms with E-state index in [1.165, 1.54) is 6.20 Å². The van der Waals surface area contributed by atoms with Crippen LogP contribution in [0.3, 0.4) is 0 Å². The van der Waals surface area contributed by atoms with Gasteiger partial charge in [0.05, 0.1) is 18.1 Å². The standard InChI is InChI=1S/C9H11F3N2O/c1-8(2,3)6-4-14-7(5-13-6)15-9(10,11)12/h4-5H,1-3H3. The molecule has 0 saturated heterocycles. The van der Waals surface area contributed by atoms with E-state index in [0.29, 0.717) is 5.69 Å². The van der Waals surface area contributed by atoms with Crippen LogP contribution in [-0.4, -0.2) is 16.3 Å². The third-order valence-electron chi connectivity index (χ3n) is 1.62. The maximum absolute atomic E-state index is 11.8. The van der Waals surface area contributed by atoms with Crippen LogP contribution in [0.5, 0.6) is 5.88 Å². The highest BCUT2D eigenvalue weighted by Crippen LogP contribution is 2.23. The van der Waals surface area contributed by atoms with Gasteiger partial charge in [0, 0.05) is 5.41 Å². The topological polar surface area (TPSA) is 35.0 Å². The summed E-state index contributed by atoms with van der Waals surface area (Å²) in [6, 6.07) is 0. The second kappa shape index (κ2) is 3.67. The Morgan fingerprint density at radius 3 is 2.00 bits per heavy atom. The van der Waals surface area contributed by atoms with Crippen LogP contribution >= 0.6 is 0 Å². The molecule has 0 aliphatic heterocycles. The van der Waals surface area contributed by atoms with Crippen molar-refractivity contribution in [3.05, 3.63) is 18.1 Å². The summed E-state index contributed by atoms with van der Waals surface area (Å²) < 4.78 is 39.0. The first-order chi connectivity index (χ1) is 6.68. The molecule has 1 aromatic heterocycles. The maximum Gasteiger partial charge on any atom is 0.574 e. The molecule has 1 heterocycles. The fourth-order valence-corrected chi connectivity index (χ4v) is 0.875. The number of halogens is 3. The van der Waals surface area contributed by atoms with Gasteiger partial charge in [-0.05, 0) is 0 Å². The Balaban J connectivity index is 2.82. The Kier molecular flexibility index (Phi) is 2.88. The van der Waals surface area contributed by atoms with E-state index in [0.717, 1.165) is 6.20 Å². The van der Waals surface area contributed by atoms with Gasteiger partial charge in [-0.15, -0.1) is 13.2 Å². The van der Waals surface area contributed by atoms with Gasteiger partial charge in [-0.2, -0.15) is 0 Å². The predicted molar refractivity (Wildman–Crippen MR) is 47.4 cm³/mol. The molecule has 0 radical (unpaired) electrons. The monoisotopic (exact) mass is 220 g/mol. The second-order valence-electron chi connectivity index (χ2n) is 4.04. The molecule has 1 aromatic rings.